The van der Waals surface area contributed by atoms with E-state index in [4.69, 9.17) is 9.15 Å². The van der Waals surface area contributed by atoms with Crippen LogP contribution in [0.3, 0.4) is 0 Å². The Morgan fingerprint density at radius 2 is 2.15 bits per heavy atom. The smallest absolute Gasteiger partial charge is 0.222 e. The summed E-state index contributed by atoms with van der Waals surface area (Å²) >= 11 is 0. The molecule has 2 aromatic rings. The van der Waals surface area contributed by atoms with Gasteiger partial charge in [-0.25, -0.2) is 0 Å². The van der Waals surface area contributed by atoms with Crippen LogP contribution in [0.4, 0.5) is 0 Å². The molecule has 0 aliphatic carbocycles. The highest BCUT2D eigenvalue weighted by atomic mass is 16.5. The van der Waals surface area contributed by atoms with Crippen LogP contribution < -0.4 is 5.32 Å². The van der Waals surface area contributed by atoms with Gasteiger partial charge in [0.2, 0.25) is 5.91 Å². The summed E-state index contributed by atoms with van der Waals surface area (Å²) in [5.74, 6) is 2.52. The molecule has 7 nitrogen and oxygen atoms in total. The molecule has 4 rings (SSSR count). The zero-order valence-corrected chi connectivity index (χ0v) is 15.9. The number of nitrogens with one attached hydrogen (secondary N) is 1. The number of fused-ring (bicyclic) bond motifs is 1. The van der Waals surface area contributed by atoms with Gasteiger partial charge in [-0.2, -0.15) is 5.10 Å². The van der Waals surface area contributed by atoms with Gasteiger partial charge in [-0.3, -0.25) is 14.4 Å². The van der Waals surface area contributed by atoms with Crippen molar-refractivity contribution in [3.63, 3.8) is 0 Å². The Labute approximate surface area is 159 Å². The minimum absolute atomic E-state index is 0.0505. The third-order valence-electron chi connectivity index (χ3n) is 5.48. The molecule has 1 atom stereocenters. The Kier molecular flexibility index (Phi) is 5.59. The fourth-order valence-electron chi connectivity index (χ4n) is 4.02. The minimum atomic E-state index is 0.0505. The monoisotopic (exact) mass is 372 g/mol. The van der Waals surface area contributed by atoms with Crippen LogP contribution >= 0.6 is 0 Å². The predicted molar refractivity (Wildman–Crippen MR) is 100.0 cm³/mol. The molecule has 0 aromatic carbocycles. The molecular formula is C20H28N4O3. The van der Waals surface area contributed by atoms with Crippen LogP contribution in [0.2, 0.25) is 0 Å². The maximum absolute atomic E-state index is 12.5. The van der Waals surface area contributed by atoms with Gasteiger partial charge < -0.3 is 14.5 Å². The molecular weight excluding hydrogens is 344 g/mol. The first-order valence-corrected chi connectivity index (χ1v) is 9.82. The summed E-state index contributed by atoms with van der Waals surface area (Å²) < 4.78 is 13.1. The van der Waals surface area contributed by atoms with Gasteiger partial charge in [0.05, 0.1) is 24.7 Å². The second kappa shape index (κ2) is 8.27. The standard InChI is InChI=1S/C20H28N4O3/c1-15-2-3-19(27-15)14-23-12-17-4-7-22-24(17)18(13-23)10-20(25)21-11-16-5-8-26-9-6-16/h2-4,7,16,18H,5-6,8-14H2,1H3,(H,21,25)/t18-/m1/s1. The molecule has 1 N–H and O–H groups in total. The number of carbonyl (C=O) groups excluding carboxylic acids is 1. The van der Waals surface area contributed by atoms with Gasteiger partial charge >= 0.3 is 0 Å². The highest BCUT2D eigenvalue weighted by Gasteiger charge is 2.28. The third kappa shape index (κ3) is 4.59. The number of aryl methyl sites for hydroxylation is 1. The van der Waals surface area contributed by atoms with Crippen molar-refractivity contribution in [3.05, 3.63) is 41.6 Å². The van der Waals surface area contributed by atoms with Gasteiger partial charge in [0.1, 0.15) is 11.5 Å². The summed E-state index contributed by atoms with van der Waals surface area (Å²) in [5, 5.41) is 7.57. The third-order valence-corrected chi connectivity index (χ3v) is 5.48. The van der Waals surface area contributed by atoms with E-state index in [0.717, 1.165) is 69.4 Å². The van der Waals surface area contributed by atoms with Crippen molar-refractivity contribution in [1.29, 1.82) is 0 Å². The van der Waals surface area contributed by atoms with E-state index >= 15 is 0 Å². The number of aromatic nitrogens is 2. The van der Waals surface area contributed by atoms with Crippen LogP contribution in [0, 0.1) is 12.8 Å². The lowest BCUT2D eigenvalue weighted by Crippen LogP contribution is -2.40. The maximum atomic E-state index is 12.5. The molecule has 2 aromatic heterocycles. The summed E-state index contributed by atoms with van der Waals surface area (Å²) in [6.45, 7) is 6.68. The van der Waals surface area contributed by atoms with Gasteiger partial charge in [0.15, 0.2) is 0 Å². The summed E-state index contributed by atoms with van der Waals surface area (Å²) in [7, 11) is 0. The number of carbonyl (C=O) groups is 1. The maximum Gasteiger partial charge on any atom is 0.222 e. The van der Waals surface area contributed by atoms with Crippen molar-refractivity contribution in [2.75, 3.05) is 26.3 Å². The molecule has 146 valence electrons. The van der Waals surface area contributed by atoms with E-state index in [2.05, 4.69) is 15.3 Å². The van der Waals surface area contributed by atoms with Crippen LogP contribution in [0.1, 0.15) is 42.5 Å². The second-order valence-electron chi connectivity index (χ2n) is 7.67. The fraction of sp³-hybridized carbons (Fsp3) is 0.600. The minimum Gasteiger partial charge on any atom is -0.465 e. The average Bonchev–Trinajstić information content (AvgIpc) is 3.30. The SMILES string of the molecule is Cc1ccc(CN2Cc3ccnn3[C@H](CC(=O)NCC3CCOCC3)C2)o1. The number of hydrogen-bond donors (Lipinski definition) is 1. The molecule has 0 spiro atoms. The number of nitrogens with zero attached hydrogens (tertiary/aromatic N) is 3. The first kappa shape index (κ1) is 18.3. The zero-order chi connectivity index (χ0) is 18.6. The molecule has 1 saturated heterocycles. The van der Waals surface area contributed by atoms with E-state index in [0.29, 0.717) is 12.3 Å². The van der Waals surface area contributed by atoms with Crippen molar-refractivity contribution in [1.82, 2.24) is 20.0 Å². The highest BCUT2D eigenvalue weighted by Crippen LogP contribution is 2.25. The molecule has 0 bridgehead atoms. The van der Waals surface area contributed by atoms with Crippen LogP contribution in [-0.2, 0) is 22.6 Å². The van der Waals surface area contributed by atoms with E-state index in [-0.39, 0.29) is 11.9 Å². The van der Waals surface area contributed by atoms with E-state index in [1.54, 1.807) is 0 Å². The van der Waals surface area contributed by atoms with Crippen molar-refractivity contribution >= 4 is 5.91 Å². The van der Waals surface area contributed by atoms with E-state index in [1.165, 1.54) is 0 Å². The molecule has 27 heavy (non-hydrogen) atoms. The van der Waals surface area contributed by atoms with Gasteiger partial charge in [-0.05, 0) is 43.9 Å². The number of rotatable bonds is 6. The van der Waals surface area contributed by atoms with Gasteiger partial charge in [-0.15, -0.1) is 0 Å². The Morgan fingerprint density at radius 1 is 1.30 bits per heavy atom. The van der Waals surface area contributed by atoms with Crippen molar-refractivity contribution in [2.24, 2.45) is 5.92 Å². The van der Waals surface area contributed by atoms with Crippen LogP contribution in [0.5, 0.6) is 0 Å². The number of hydrogen-bond acceptors (Lipinski definition) is 5. The molecule has 4 heterocycles. The van der Waals surface area contributed by atoms with Crippen molar-refractivity contribution in [3.8, 4) is 0 Å². The zero-order valence-electron chi connectivity index (χ0n) is 15.9. The topological polar surface area (TPSA) is 72.5 Å². The molecule has 0 saturated carbocycles. The molecule has 0 unspecified atom stereocenters. The molecule has 0 radical (unpaired) electrons. The molecule has 2 aliphatic rings. The Morgan fingerprint density at radius 3 is 2.93 bits per heavy atom. The van der Waals surface area contributed by atoms with Gasteiger partial charge in [0.25, 0.3) is 0 Å². The number of ether oxygens (including phenoxy) is 1. The summed E-state index contributed by atoms with van der Waals surface area (Å²) in [4.78, 5) is 14.9. The van der Waals surface area contributed by atoms with Crippen molar-refractivity contribution in [2.45, 2.75) is 45.3 Å². The van der Waals surface area contributed by atoms with Crippen molar-refractivity contribution < 1.29 is 13.9 Å². The molecule has 1 fully saturated rings. The summed E-state index contributed by atoms with van der Waals surface area (Å²) in [6.07, 6.45) is 4.33. The van der Waals surface area contributed by atoms with Gasteiger partial charge in [-0.1, -0.05) is 0 Å². The van der Waals surface area contributed by atoms with Crippen LogP contribution in [-0.4, -0.2) is 46.9 Å². The quantitative estimate of drug-likeness (QED) is 0.842. The Bertz CT molecular complexity index is 763. The fourth-order valence-corrected chi connectivity index (χ4v) is 4.02. The molecule has 1 amide bonds. The van der Waals surface area contributed by atoms with E-state index in [9.17, 15) is 4.79 Å². The van der Waals surface area contributed by atoms with E-state index < -0.39 is 0 Å². The lowest BCUT2D eigenvalue weighted by molar-refractivity contribution is -0.122. The summed E-state index contributed by atoms with van der Waals surface area (Å²) in [5.41, 5.74) is 1.15. The van der Waals surface area contributed by atoms with Crippen LogP contribution in [0.25, 0.3) is 0 Å². The lowest BCUT2D eigenvalue weighted by Gasteiger charge is -2.33. The second-order valence-corrected chi connectivity index (χ2v) is 7.67. The normalized spacial score (nSPS) is 21.1. The molecule has 7 heteroatoms. The molecule has 2 aliphatic heterocycles. The Balaban J connectivity index is 1.35. The van der Waals surface area contributed by atoms with E-state index in [1.807, 2.05) is 36.0 Å². The Hall–Kier alpha value is -2.12. The lowest BCUT2D eigenvalue weighted by atomic mass is 10.0. The van der Waals surface area contributed by atoms with Gasteiger partial charge in [0, 0.05) is 39.0 Å². The number of furan rings is 1. The largest absolute Gasteiger partial charge is 0.465 e. The first-order chi connectivity index (χ1) is 13.2. The predicted octanol–water partition coefficient (Wildman–Crippen LogP) is 2.27. The number of amides is 1. The highest BCUT2D eigenvalue weighted by molar-refractivity contribution is 5.76. The van der Waals surface area contributed by atoms with Crippen LogP contribution in [0.15, 0.2) is 28.8 Å². The average molecular weight is 372 g/mol. The first-order valence-electron chi connectivity index (χ1n) is 9.82. The summed E-state index contributed by atoms with van der Waals surface area (Å²) in [6, 6.07) is 6.10.